The third kappa shape index (κ3) is 2.83. The number of fused-ring (bicyclic) bond motifs is 1. The van der Waals surface area contributed by atoms with Crippen LogP contribution in [0.5, 0.6) is 5.75 Å². The Bertz CT molecular complexity index is 828. The normalized spacial score (nSPS) is 10.5. The van der Waals surface area contributed by atoms with E-state index in [2.05, 4.69) is 22.0 Å². The van der Waals surface area contributed by atoms with E-state index in [1.54, 1.807) is 25.4 Å². The van der Waals surface area contributed by atoms with Crippen molar-refractivity contribution in [1.29, 1.82) is 0 Å². The molecule has 1 N–H and O–H groups in total. The van der Waals surface area contributed by atoms with Gasteiger partial charge < -0.3 is 14.1 Å². The van der Waals surface area contributed by atoms with Crippen molar-refractivity contribution < 1.29 is 14.4 Å². The summed E-state index contributed by atoms with van der Waals surface area (Å²) in [6.07, 6.45) is 5.05. The van der Waals surface area contributed by atoms with Gasteiger partial charge in [0, 0.05) is 30.5 Å². The summed E-state index contributed by atoms with van der Waals surface area (Å²) in [4.78, 5) is 21.0. The van der Waals surface area contributed by atoms with Crippen LogP contribution in [0.3, 0.4) is 0 Å². The lowest BCUT2D eigenvalue weighted by atomic mass is 10.2. The number of pyridine rings is 1. The van der Waals surface area contributed by atoms with Crippen molar-refractivity contribution in [2.75, 3.05) is 12.6 Å². The van der Waals surface area contributed by atoms with Gasteiger partial charge in [-0.2, -0.15) is 0 Å². The van der Waals surface area contributed by atoms with E-state index in [1.165, 1.54) is 6.20 Å². The van der Waals surface area contributed by atoms with Crippen LogP contribution >= 0.6 is 0 Å². The maximum Gasteiger partial charge on any atom is 0.364 e. The van der Waals surface area contributed by atoms with Crippen LogP contribution in [0.25, 0.3) is 10.9 Å². The van der Waals surface area contributed by atoms with Gasteiger partial charge in [-0.05, 0) is 31.2 Å². The minimum atomic E-state index is -0.508. The number of carbonyl (C=O) groups is 1. The number of nitrogens with zero attached hydrogens (tertiary/aromatic N) is 2. The molecule has 0 aliphatic heterocycles. The molecule has 23 heavy (non-hydrogen) atoms. The molecule has 0 radical (unpaired) electrons. The van der Waals surface area contributed by atoms with Crippen molar-refractivity contribution in [3.8, 4) is 5.75 Å². The molecule has 0 saturated carbocycles. The molecule has 2 aromatic heterocycles. The molecular formula is C17H17N3O3. The molecule has 0 saturated heterocycles. The maximum absolute atomic E-state index is 12.0. The van der Waals surface area contributed by atoms with E-state index >= 15 is 0 Å². The van der Waals surface area contributed by atoms with Gasteiger partial charge in [0.1, 0.15) is 5.69 Å². The molecule has 0 amide bonds. The molecule has 0 spiro atoms. The van der Waals surface area contributed by atoms with Crippen LogP contribution in [0.15, 0.2) is 48.9 Å². The molecule has 6 heteroatoms. The van der Waals surface area contributed by atoms with E-state index in [-0.39, 0.29) is 0 Å². The second-order valence-corrected chi connectivity index (χ2v) is 4.92. The number of hydrogen-bond acceptors (Lipinski definition) is 5. The monoisotopic (exact) mass is 311 g/mol. The lowest BCUT2D eigenvalue weighted by molar-refractivity contribution is 0.0595. The van der Waals surface area contributed by atoms with Crippen molar-refractivity contribution in [3.05, 3.63) is 54.5 Å². The summed E-state index contributed by atoms with van der Waals surface area (Å²) in [5, 5.41) is 1.06. The molecule has 3 aromatic rings. The van der Waals surface area contributed by atoms with Crippen molar-refractivity contribution in [2.45, 2.75) is 13.5 Å². The van der Waals surface area contributed by atoms with Gasteiger partial charge in [-0.15, -0.1) is 0 Å². The number of nitrogens with one attached hydrogen (secondary N) is 1. The Morgan fingerprint density at radius 3 is 2.87 bits per heavy atom. The Kier molecular flexibility index (Phi) is 4.14. The number of anilines is 1. The van der Waals surface area contributed by atoms with Crippen LogP contribution in [0.1, 0.15) is 17.3 Å². The van der Waals surface area contributed by atoms with Crippen molar-refractivity contribution in [3.63, 3.8) is 0 Å². The second kappa shape index (κ2) is 6.39. The molecule has 6 nitrogen and oxygen atoms in total. The average molecular weight is 311 g/mol. The highest BCUT2D eigenvalue weighted by Crippen LogP contribution is 2.34. The number of aryl methyl sites for hydroxylation is 1. The van der Waals surface area contributed by atoms with Gasteiger partial charge in [-0.25, -0.2) is 10.3 Å². The number of aromatic nitrogens is 2. The van der Waals surface area contributed by atoms with Crippen LogP contribution < -0.4 is 10.2 Å². The lowest BCUT2D eigenvalue weighted by Gasteiger charge is -2.13. The van der Waals surface area contributed by atoms with Crippen LogP contribution in [-0.2, 0) is 11.4 Å². The van der Waals surface area contributed by atoms with Crippen LogP contribution in [0.4, 0.5) is 5.69 Å². The number of ether oxygens (including phenoxy) is 1. The number of rotatable bonds is 5. The van der Waals surface area contributed by atoms with Gasteiger partial charge >= 0.3 is 5.97 Å². The van der Waals surface area contributed by atoms with Gasteiger partial charge in [0.2, 0.25) is 0 Å². The number of hydrogen-bond donors (Lipinski definition) is 1. The number of carbonyl (C=O) groups excluding carboxylic acids is 1. The summed E-state index contributed by atoms with van der Waals surface area (Å²) in [5.41, 5.74) is 4.60. The highest BCUT2D eigenvalue weighted by molar-refractivity contribution is 5.93. The Morgan fingerprint density at radius 2 is 2.17 bits per heavy atom. The van der Waals surface area contributed by atoms with Crippen molar-refractivity contribution in [2.24, 2.45) is 0 Å². The van der Waals surface area contributed by atoms with Gasteiger partial charge in [-0.1, -0.05) is 6.07 Å². The first-order valence-electron chi connectivity index (χ1n) is 7.27. The van der Waals surface area contributed by atoms with Crippen LogP contribution in [0.2, 0.25) is 0 Å². The molecule has 3 rings (SSSR count). The predicted octanol–water partition coefficient (Wildman–Crippen LogP) is 3.25. The first-order chi connectivity index (χ1) is 11.2. The third-order valence-electron chi connectivity index (χ3n) is 3.58. The molecular weight excluding hydrogens is 294 g/mol. The molecule has 0 atom stereocenters. The smallest absolute Gasteiger partial charge is 0.364 e. The topological polar surface area (TPSA) is 65.4 Å². The number of benzene rings is 1. The van der Waals surface area contributed by atoms with Gasteiger partial charge in [0.05, 0.1) is 18.2 Å². The third-order valence-corrected chi connectivity index (χ3v) is 3.58. The Labute approximate surface area is 133 Å². The van der Waals surface area contributed by atoms with E-state index in [0.29, 0.717) is 17.0 Å². The minimum Gasteiger partial charge on any atom is -0.492 e. The second-order valence-electron chi connectivity index (χ2n) is 4.92. The SMILES string of the molecule is CCn1ccc2ccc(NOC(=O)c3cccnc3)c(OC)c21. The molecule has 2 heterocycles. The Morgan fingerprint density at radius 1 is 1.30 bits per heavy atom. The lowest BCUT2D eigenvalue weighted by Crippen LogP contribution is -2.11. The van der Waals surface area contributed by atoms with Crippen LogP contribution in [-0.4, -0.2) is 22.6 Å². The summed E-state index contributed by atoms with van der Waals surface area (Å²) in [5.74, 6) is 0.125. The van der Waals surface area contributed by atoms with Gasteiger partial charge in [-0.3, -0.25) is 4.98 Å². The summed E-state index contributed by atoms with van der Waals surface area (Å²) in [7, 11) is 1.59. The molecule has 0 aliphatic carbocycles. The summed E-state index contributed by atoms with van der Waals surface area (Å²) in [6.45, 7) is 2.88. The first kappa shape index (κ1) is 14.9. The zero-order chi connectivity index (χ0) is 16.2. The largest absolute Gasteiger partial charge is 0.492 e. The zero-order valence-corrected chi connectivity index (χ0v) is 12.9. The highest BCUT2D eigenvalue weighted by atomic mass is 16.7. The van der Waals surface area contributed by atoms with Gasteiger partial charge in [0.25, 0.3) is 0 Å². The summed E-state index contributed by atoms with van der Waals surface area (Å²) >= 11 is 0. The molecule has 0 fully saturated rings. The fraction of sp³-hybridized carbons (Fsp3) is 0.176. The van der Waals surface area contributed by atoms with Gasteiger partial charge in [0.15, 0.2) is 5.75 Å². The van der Waals surface area contributed by atoms with Crippen LogP contribution in [0, 0.1) is 0 Å². The average Bonchev–Trinajstić information content (AvgIpc) is 3.03. The molecule has 0 unspecified atom stereocenters. The van der Waals surface area contributed by atoms with E-state index in [4.69, 9.17) is 9.57 Å². The Balaban J connectivity index is 1.87. The number of methoxy groups -OCH3 is 1. The minimum absolute atomic E-state index is 0.372. The molecule has 1 aromatic carbocycles. The van der Waals surface area contributed by atoms with E-state index in [1.807, 2.05) is 24.4 Å². The van der Waals surface area contributed by atoms with Crippen molar-refractivity contribution in [1.82, 2.24) is 9.55 Å². The van der Waals surface area contributed by atoms with E-state index in [9.17, 15) is 4.79 Å². The summed E-state index contributed by atoms with van der Waals surface area (Å²) in [6, 6.07) is 9.10. The molecule has 0 aliphatic rings. The Hall–Kier alpha value is -3.02. The fourth-order valence-corrected chi connectivity index (χ4v) is 2.46. The van der Waals surface area contributed by atoms with E-state index < -0.39 is 5.97 Å². The fourth-order valence-electron chi connectivity index (χ4n) is 2.46. The summed E-state index contributed by atoms with van der Waals surface area (Å²) < 4.78 is 7.58. The predicted molar refractivity (Wildman–Crippen MR) is 87.4 cm³/mol. The quantitative estimate of drug-likeness (QED) is 0.733. The highest BCUT2D eigenvalue weighted by Gasteiger charge is 2.14. The molecule has 0 bridgehead atoms. The zero-order valence-electron chi connectivity index (χ0n) is 12.9. The van der Waals surface area contributed by atoms with E-state index in [0.717, 1.165) is 17.4 Å². The molecule has 118 valence electrons. The van der Waals surface area contributed by atoms with Crippen molar-refractivity contribution >= 4 is 22.6 Å². The maximum atomic E-state index is 12.0. The first-order valence-corrected chi connectivity index (χ1v) is 7.27. The standard InChI is InChI=1S/C17H17N3O3/c1-3-20-10-8-12-6-7-14(16(22-2)15(12)20)19-23-17(21)13-5-4-9-18-11-13/h4-11,19H,3H2,1-2H3.